The van der Waals surface area contributed by atoms with E-state index in [9.17, 15) is 13.6 Å². The van der Waals surface area contributed by atoms with Gasteiger partial charge in [-0.25, -0.2) is 23.4 Å². The fraction of sp³-hybridized carbons (Fsp3) is 0.214. The fourth-order valence-corrected chi connectivity index (χ4v) is 6.09. The van der Waals surface area contributed by atoms with Gasteiger partial charge < -0.3 is 4.98 Å². The van der Waals surface area contributed by atoms with Gasteiger partial charge in [0, 0.05) is 39.2 Å². The molecule has 13 heteroatoms. The van der Waals surface area contributed by atoms with Crippen molar-refractivity contribution in [2.24, 2.45) is 5.92 Å². The van der Waals surface area contributed by atoms with Crippen molar-refractivity contribution in [1.82, 2.24) is 44.7 Å². The van der Waals surface area contributed by atoms with Crippen LogP contribution in [0.25, 0.3) is 39.1 Å². The van der Waals surface area contributed by atoms with Crippen molar-refractivity contribution in [1.29, 1.82) is 0 Å². The van der Waals surface area contributed by atoms with E-state index in [2.05, 4.69) is 30.5 Å². The van der Waals surface area contributed by atoms with Crippen LogP contribution in [0.3, 0.4) is 0 Å². The lowest BCUT2D eigenvalue weighted by Gasteiger charge is -2.17. The number of fused-ring (bicyclic) bond motifs is 4. The molecule has 0 radical (unpaired) electrons. The molecule has 1 aliphatic carbocycles. The molecule has 8 rings (SSSR count). The number of nitrogens with zero attached hydrogens (tertiary/aromatic N) is 7. The number of hydrogen-bond acceptors (Lipinski definition) is 6. The number of rotatable bonds is 5. The average Bonchev–Trinajstić information content (AvgIpc) is 3.36. The SMILES string of the molecule is Cc1[nH]nc2cc(-c3cnc(C4C5CC5c5nc(-c6cc(Cl)ccc6-n6cc(C(F)F)nn6)cc(=O)n54)[nH]3)ccc12. The van der Waals surface area contributed by atoms with Crippen LogP contribution in [-0.2, 0) is 0 Å². The number of imidazole rings is 1. The Balaban J connectivity index is 1.18. The first-order valence-corrected chi connectivity index (χ1v) is 13.4. The Bertz CT molecular complexity index is 2060. The molecule has 3 atom stereocenters. The molecule has 2 aliphatic rings. The van der Waals surface area contributed by atoms with E-state index in [0.717, 1.165) is 40.5 Å². The summed E-state index contributed by atoms with van der Waals surface area (Å²) in [6.45, 7) is 1.98. The highest BCUT2D eigenvalue weighted by Crippen LogP contribution is 2.59. The van der Waals surface area contributed by atoms with E-state index in [1.54, 1.807) is 29.0 Å². The smallest absolute Gasteiger partial charge is 0.283 e. The zero-order chi connectivity index (χ0) is 28.0. The maximum Gasteiger partial charge on any atom is 0.283 e. The highest BCUT2D eigenvalue weighted by Gasteiger charge is 2.55. The number of benzene rings is 2. The van der Waals surface area contributed by atoms with Crippen molar-refractivity contribution in [2.75, 3.05) is 0 Å². The number of nitrogens with one attached hydrogen (secondary N) is 2. The van der Waals surface area contributed by atoms with Gasteiger partial charge in [-0.05, 0) is 43.5 Å². The van der Waals surface area contributed by atoms with Crippen LogP contribution in [0.2, 0.25) is 5.02 Å². The monoisotopic (exact) mass is 571 g/mol. The molecule has 0 saturated heterocycles. The Labute approximate surface area is 235 Å². The molecular weight excluding hydrogens is 552 g/mol. The normalized spacial score (nSPS) is 19.2. The van der Waals surface area contributed by atoms with Crippen LogP contribution in [0.4, 0.5) is 8.78 Å². The van der Waals surface area contributed by atoms with Crippen LogP contribution >= 0.6 is 11.6 Å². The second kappa shape index (κ2) is 8.64. The zero-order valence-corrected chi connectivity index (χ0v) is 22.1. The lowest BCUT2D eigenvalue weighted by atomic mass is 10.1. The number of aryl methyl sites for hydroxylation is 1. The maximum absolute atomic E-state index is 13.6. The van der Waals surface area contributed by atoms with Crippen molar-refractivity contribution in [3.05, 3.63) is 93.3 Å². The number of aromatic nitrogens is 9. The van der Waals surface area contributed by atoms with Crippen LogP contribution in [0.15, 0.2) is 59.7 Å². The second-order valence-corrected chi connectivity index (χ2v) is 10.9. The summed E-state index contributed by atoms with van der Waals surface area (Å²) < 4.78 is 29.3. The van der Waals surface area contributed by atoms with Crippen LogP contribution in [-0.4, -0.2) is 44.7 Å². The van der Waals surface area contributed by atoms with Gasteiger partial charge in [0.05, 0.1) is 41.0 Å². The third kappa shape index (κ3) is 3.74. The molecular formula is C28H20ClF2N9O. The van der Waals surface area contributed by atoms with Crippen molar-refractivity contribution in [3.63, 3.8) is 0 Å². The van der Waals surface area contributed by atoms with E-state index in [0.29, 0.717) is 33.6 Å². The van der Waals surface area contributed by atoms with E-state index >= 15 is 0 Å². The molecule has 204 valence electrons. The molecule has 3 unspecified atom stereocenters. The van der Waals surface area contributed by atoms with Gasteiger partial charge in [-0.3, -0.25) is 14.5 Å². The average molecular weight is 572 g/mol. The molecule has 5 heterocycles. The second-order valence-electron chi connectivity index (χ2n) is 10.5. The number of halogens is 3. The predicted octanol–water partition coefficient (Wildman–Crippen LogP) is 5.36. The Kier molecular flexibility index (Phi) is 5.08. The minimum atomic E-state index is -2.76. The summed E-state index contributed by atoms with van der Waals surface area (Å²) in [4.78, 5) is 26.6. The number of hydrogen-bond donors (Lipinski definition) is 2. The molecule has 1 aliphatic heterocycles. The topological polar surface area (TPSA) is 123 Å². The summed E-state index contributed by atoms with van der Waals surface area (Å²) in [6.07, 6.45) is 1.07. The minimum absolute atomic E-state index is 0.115. The first-order chi connectivity index (χ1) is 19.9. The van der Waals surface area contributed by atoms with E-state index < -0.39 is 12.1 Å². The number of H-pyrrole nitrogens is 2. The highest BCUT2D eigenvalue weighted by atomic mass is 35.5. The van der Waals surface area contributed by atoms with Crippen molar-refractivity contribution < 1.29 is 8.78 Å². The molecule has 41 heavy (non-hydrogen) atoms. The Hall–Kier alpha value is -4.71. The Morgan fingerprint density at radius 3 is 2.85 bits per heavy atom. The van der Waals surface area contributed by atoms with Crippen molar-refractivity contribution in [2.45, 2.75) is 31.7 Å². The van der Waals surface area contributed by atoms with Gasteiger partial charge in [-0.15, -0.1) is 5.10 Å². The summed E-state index contributed by atoms with van der Waals surface area (Å²) in [6, 6.07) is 12.1. The lowest BCUT2D eigenvalue weighted by Crippen LogP contribution is -2.27. The largest absolute Gasteiger partial charge is 0.340 e. The predicted molar refractivity (Wildman–Crippen MR) is 146 cm³/mol. The molecule has 6 aromatic rings. The molecule has 2 aromatic carbocycles. The fourth-order valence-electron chi connectivity index (χ4n) is 5.92. The molecule has 2 N–H and O–H groups in total. The van der Waals surface area contributed by atoms with Crippen LogP contribution in [0.5, 0.6) is 0 Å². The van der Waals surface area contributed by atoms with Gasteiger partial charge in [0.15, 0.2) is 0 Å². The number of aromatic amines is 2. The summed E-state index contributed by atoms with van der Waals surface area (Å²) in [7, 11) is 0. The van der Waals surface area contributed by atoms with Crippen LogP contribution in [0, 0.1) is 12.8 Å². The Morgan fingerprint density at radius 1 is 1.15 bits per heavy atom. The third-order valence-corrected chi connectivity index (χ3v) is 8.22. The molecule has 10 nitrogen and oxygen atoms in total. The van der Waals surface area contributed by atoms with E-state index in [1.807, 2.05) is 25.1 Å². The maximum atomic E-state index is 13.6. The van der Waals surface area contributed by atoms with Gasteiger partial charge in [0.1, 0.15) is 17.3 Å². The first kappa shape index (κ1) is 24.1. The van der Waals surface area contributed by atoms with Gasteiger partial charge >= 0.3 is 0 Å². The molecule has 0 amide bonds. The summed E-state index contributed by atoms with van der Waals surface area (Å²) in [5.41, 5.74) is 4.31. The first-order valence-electron chi connectivity index (χ1n) is 13.0. The van der Waals surface area contributed by atoms with E-state index in [-0.39, 0.29) is 23.4 Å². The van der Waals surface area contributed by atoms with Gasteiger partial charge in [0.25, 0.3) is 12.0 Å². The summed E-state index contributed by atoms with van der Waals surface area (Å²) in [5, 5.41) is 16.2. The standard InChI is InChI=1S/C28H20ClF2N9O/c1-12-15-4-2-13(6-20(15)36-35-12)21-10-32-27(33-21)25-16-8-17(16)28-34-19(9-24(41)40(25)28)18-7-14(29)3-5-23(18)39-11-22(26(30)31)37-38-39/h2-7,9-11,16-17,25-26H,8H2,1H3,(H,32,33)(H,35,36). The van der Waals surface area contributed by atoms with Gasteiger partial charge in [-0.2, -0.15) is 5.10 Å². The van der Waals surface area contributed by atoms with E-state index in [4.69, 9.17) is 16.6 Å². The van der Waals surface area contributed by atoms with Crippen LogP contribution < -0.4 is 5.56 Å². The quantitative estimate of drug-likeness (QED) is 0.287. The van der Waals surface area contributed by atoms with Gasteiger partial charge in [0.2, 0.25) is 0 Å². The van der Waals surface area contributed by atoms with Crippen molar-refractivity contribution >= 4 is 22.5 Å². The van der Waals surface area contributed by atoms with Crippen molar-refractivity contribution in [3.8, 4) is 28.2 Å². The molecule has 1 fully saturated rings. The zero-order valence-electron chi connectivity index (χ0n) is 21.4. The Morgan fingerprint density at radius 2 is 2.02 bits per heavy atom. The van der Waals surface area contributed by atoms with Crippen LogP contribution in [0.1, 0.15) is 47.8 Å². The van der Waals surface area contributed by atoms with Gasteiger partial charge in [-0.1, -0.05) is 28.9 Å². The third-order valence-electron chi connectivity index (χ3n) is 7.98. The summed E-state index contributed by atoms with van der Waals surface area (Å²) >= 11 is 6.30. The van der Waals surface area contributed by atoms with E-state index in [1.165, 1.54) is 10.7 Å². The molecule has 4 aromatic heterocycles. The molecule has 0 spiro atoms. The molecule has 0 bridgehead atoms. The summed E-state index contributed by atoms with van der Waals surface area (Å²) in [5.74, 6) is 1.69. The highest BCUT2D eigenvalue weighted by molar-refractivity contribution is 6.31. The molecule has 1 saturated carbocycles. The minimum Gasteiger partial charge on any atom is -0.340 e. The number of alkyl halides is 2. The lowest BCUT2D eigenvalue weighted by molar-refractivity contribution is 0.146.